The van der Waals surface area contributed by atoms with Gasteiger partial charge in [-0.25, -0.2) is 8.42 Å². The summed E-state index contributed by atoms with van der Waals surface area (Å²) in [6, 6.07) is 14.7. The number of benzene rings is 2. The maximum Gasteiger partial charge on any atom is 0.187 e. The van der Waals surface area contributed by atoms with Crippen LogP contribution in [0, 0.1) is 6.92 Å². The van der Waals surface area contributed by atoms with E-state index < -0.39 is 9.84 Å². The Balaban J connectivity index is 0.000000240. The van der Waals surface area contributed by atoms with Crippen molar-refractivity contribution in [2.45, 2.75) is 11.8 Å². The Morgan fingerprint density at radius 1 is 1.15 bits per heavy atom. The van der Waals surface area contributed by atoms with Crippen LogP contribution in [0.5, 0.6) is 0 Å². The lowest BCUT2D eigenvalue weighted by Gasteiger charge is -2.02. The fourth-order valence-electron chi connectivity index (χ4n) is 1.28. The summed E-state index contributed by atoms with van der Waals surface area (Å²) in [5.41, 5.74) is 1.32. The van der Waals surface area contributed by atoms with Crippen molar-refractivity contribution >= 4 is 50.0 Å². The molecule has 20 heavy (non-hydrogen) atoms. The van der Waals surface area contributed by atoms with Crippen molar-refractivity contribution in [1.29, 1.82) is 0 Å². The van der Waals surface area contributed by atoms with Crippen LogP contribution >= 0.6 is 40.2 Å². The van der Waals surface area contributed by atoms with E-state index in [1.54, 1.807) is 0 Å². The van der Waals surface area contributed by atoms with Gasteiger partial charge in [0.25, 0.3) is 0 Å². The molecule has 0 atom stereocenters. The van der Waals surface area contributed by atoms with Crippen molar-refractivity contribution in [3.05, 3.63) is 63.6 Å². The standard InChI is InChI=1S/C7H6BrClO2S2.C7H8/c8-6-3-5(1-2-7(6)9)13(10,11)4-12;1-7-5-3-2-4-6-7/h1-3,12H,4H2;2-6H,1H3. The molecule has 2 nitrogen and oxygen atoms in total. The molecule has 0 aliphatic carbocycles. The SMILES string of the molecule is Cc1ccccc1.O=S(=O)(CS)c1ccc(Cl)c(Br)c1. The highest BCUT2D eigenvalue weighted by Gasteiger charge is 2.12. The van der Waals surface area contributed by atoms with E-state index in [1.807, 2.05) is 18.2 Å². The van der Waals surface area contributed by atoms with E-state index in [-0.39, 0.29) is 9.98 Å². The predicted octanol–water partition coefficient (Wildman–Crippen LogP) is 4.76. The van der Waals surface area contributed by atoms with Crippen molar-refractivity contribution in [1.82, 2.24) is 0 Å². The molecule has 0 radical (unpaired) electrons. The second kappa shape index (κ2) is 8.08. The fraction of sp³-hybridized carbons (Fsp3) is 0.143. The highest BCUT2D eigenvalue weighted by Crippen LogP contribution is 2.25. The molecular weight excluding hydrogens is 380 g/mol. The lowest BCUT2D eigenvalue weighted by molar-refractivity contribution is 0.601. The van der Waals surface area contributed by atoms with Gasteiger partial charge >= 0.3 is 0 Å². The number of thiol groups is 1. The van der Waals surface area contributed by atoms with Crippen LogP contribution in [0.1, 0.15) is 5.56 Å². The molecule has 0 heterocycles. The summed E-state index contributed by atoms with van der Waals surface area (Å²) in [5.74, 6) is 0. The third kappa shape index (κ3) is 5.48. The Morgan fingerprint density at radius 3 is 2.15 bits per heavy atom. The summed E-state index contributed by atoms with van der Waals surface area (Å²) >= 11 is 12.6. The second-order valence-corrected chi connectivity index (χ2v) is 7.97. The number of hydrogen-bond donors (Lipinski definition) is 1. The van der Waals surface area contributed by atoms with E-state index in [1.165, 1.54) is 23.8 Å². The monoisotopic (exact) mass is 392 g/mol. The number of sulfone groups is 1. The largest absolute Gasteiger partial charge is 0.223 e. The minimum Gasteiger partial charge on any atom is -0.223 e. The summed E-state index contributed by atoms with van der Waals surface area (Å²) in [5, 5.41) is 0.277. The van der Waals surface area contributed by atoms with Gasteiger partial charge in [-0.2, -0.15) is 12.6 Å². The molecule has 0 saturated carbocycles. The Morgan fingerprint density at radius 2 is 1.75 bits per heavy atom. The molecular formula is C14H14BrClO2S2. The molecule has 0 bridgehead atoms. The van der Waals surface area contributed by atoms with Crippen molar-refractivity contribution in [2.24, 2.45) is 0 Å². The molecule has 0 aromatic heterocycles. The molecule has 108 valence electrons. The van der Waals surface area contributed by atoms with Gasteiger partial charge in [0.2, 0.25) is 0 Å². The minimum absolute atomic E-state index is 0.207. The van der Waals surface area contributed by atoms with Gasteiger partial charge in [0.05, 0.1) is 15.0 Å². The van der Waals surface area contributed by atoms with Gasteiger partial charge in [-0.05, 0) is 41.1 Å². The van der Waals surface area contributed by atoms with Crippen LogP contribution in [0.25, 0.3) is 0 Å². The van der Waals surface area contributed by atoms with Crippen LogP contribution in [0.3, 0.4) is 0 Å². The predicted molar refractivity (Wildman–Crippen MR) is 91.4 cm³/mol. The summed E-state index contributed by atoms with van der Waals surface area (Å²) in [7, 11) is -3.26. The molecule has 0 aliphatic heterocycles. The molecule has 0 aliphatic rings. The van der Waals surface area contributed by atoms with Crippen LogP contribution in [-0.2, 0) is 9.84 Å². The Hall–Kier alpha value is -0.490. The Labute approximate surface area is 138 Å². The molecule has 2 rings (SSSR count). The first kappa shape index (κ1) is 17.6. The first-order chi connectivity index (χ1) is 9.36. The van der Waals surface area contributed by atoms with E-state index >= 15 is 0 Å². The number of aryl methyl sites for hydroxylation is 1. The maximum absolute atomic E-state index is 11.3. The Kier molecular flexibility index (Phi) is 7.09. The molecule has 2 aromatic carbocycles. The van der Waals surface area contributed by atoms with Crippen molar-refractivity contribution in [3.63, 3.8) is 0 Å². The quantitative estimate of drug-likeness (QED) is 0.746. The summed E-state index contributed by atoms with van der Waals surface area (Å²) < 4.78 is 23.2. The van der Waals surface area contributed by atoms with Crippen LogP contribution in [0.2, 0.25) is 5.02 Å². The maximum atomic E-state index is 11.3. The van der Waals surface area contributed by atoms with Crippen molar-refractivity contribution < 1.29 is 8.42 Å². The first-order valence-electron chi connectivity index (χ1n) is 5.67. The average Bonchev–Trinajstić information content (AvgIpc) is 2.43. The Bertz CT molecular complexity index is 658. The number of halogens is 2. The molecule has 0 fully saturated rings. The van der Waals surface area contributed by atoms with Gasteiger partial charge in [-0.15, -0.1) is 0 Å². The highest BCUT2D eigenvalue weighted by atomic mass is 79.9. The van der Waals surface area contributed by atoms with Crippen LogP contribution in [0.4, 0.5) is 0 Å². The molecule has 0 saturated heterocycles. The molecule has 6 heteroatoms. The minimum atomic E-state index is -3.26. The van der Waals surface area contributed by atoms with Crippen LogP contribution in [-0.4, -0.2) is 13.5 Å². The van der Waals surface area contributed by atoms with E-state index in [2.05, 4.69) is 47.6 Å². The molecule has 0 spiro atoms. The first-order valence-corrected chi connectivity index (χ1v) is 9.12. The topological polar surface area (TPSA) is 34.1 Å². The lowest BCUT2D eigenvalue weighted by Crippen LogP contribution is -2.01. The van der Waals surface area contributed by atoms with Gasteiger partial charge in [0.15, 0.2) is 9.84 Å². The molecule has 2 aromatic rings. The summed E-state index contributed by atoms with van der Waals surface area (Å²) in [6.07, 6.45) is 0. The normalized spacial score (nSPS) is 10.6. The third-order valence-electron chi connectivity index (χ3n) is 2.36. The van der Waals surface area contributed by atoms with Gasteiger partial charge in [-0.3, -0.25) is 0 Å². The van der Waals surface area contributed by atoms with Gasteiger partial charge in [-0.1, -0.05) is 47.5 Å². The summed E-state index contributed by atoms with van der Waals surface area (Å²) in [4.78, 5) is 0.221. The van der Waals surface area contributed by atoms with Gasteiger partial charge in [0.1, 0.15) is 0 Å². The number of hydrogen-bond acceptors (Lipinski definition) is 3. The van der Waals surface area contributed by atoms with Crippen molar-refractivity contribution in [2.75, 3.05) is 5.08 Å². The van der Waals surface area contributed by atoms with E-state index in [9.17, 15) is 8.42 Å². The zero-order chi connectivity index (χ0) is 15.2. The van der Waals surface area contributed by atoms with E-state index in [0.717, 1.165) is 0 Å². The molecule has 0 unspecified atom stereocenters. The second-order valence-electron chi connectivity index (χ2n) is 3.97. The number of rotatable bonds is 2. The smallest absolute Gasteiger partial charge is 0.187 e. The van der Waals surface area contributed by atoms with Crippen LogP contribution in [0.15, 0.2) is 57.9 Å². The fourth-order valence-corrected chi connectivity index (χ4v) is 3.10. The van der Waals surface area contributed by atoms with Crippen LogP contribution < -0.4 is 0 Å². The van der Waals surface area contributed by atoms with E-state index in [0.29, 0.717) is 9.50 Å². The summed E-state index contributed by atoms with van der Waals surface area (Å²) in [6.45, 7) is 2.08. The average molecular weight is 394 g/mol. The third-order valence-corrected chi connectivity index (χ3v) is 5.91. The lowest BCUT2D eigenvalue weighted by atomic mass is 10.2. The van der Waals surface area contributed by atoms with Gasteiger partial charge in [0, 0.05) is 4.47 Å². The highest BCUT2D eigenvalue weighted by molar-refractivity contribution is 9.10. The molecule has 0 N–H and O–H groups in total. The molecule has 0 amide bonds. The van der Waals surface area contributed by atoms with Crippen molar-refractivity contribution in [3.8, 4) is 0 Å². The zero-order valence-corrected chi connectivity index (χ0v) is 14.8. The van der Waals surface area contributed by atoms with Gasteiger partial charge < -0.3 is 0 Å². The zero-order valence-electron chi connectivity index (χ0n) is 10.8. The van der Waals surface area contributed by atoms with E-state index in [4.69, 9.17) is 11.6 Å².